The van der Waals surface area contributed by atoms with Gasteiger partial charge in [0, 0.05) is 22.9 Å². The van der Waals surface area contributed by atoms with Crippen LogP contribution in [0.15, 0.2) is 30.4 Å². The molecule has 0 spiro atoms. The van der Waals surface area contributed by atoms with Crippen molar-refractivity contribution < 1.29 is 4.79 Å². The van der Waals surface area contributed by atoms with Gasteiger partial charge in [0.1, 0.15) is 0 Å². The maximum Gasteiger partial charge on any atom is 0.167 e. The third kappa shape index (κ3) is 1.58. The number of carbonyl (C=O) groups excluding carboxylic acids is 1. The summed E-state index contributed by atoms with van der Waals surface area (Å²) in [6.07, 6.45) is 5.26. The highest BCUT2D eigenvalue weighted by Gasteiger charge is 2.36. The predicted molar refractivity (Wildman–Crippen MR) is 67.4 cm³/mol. The normalized spacial score (nSPS) is 26.6. The van der Waals surface area contributed by atoms with E-state index in [0.717, 1.165) is 17.5 Å². The molecule has 2 unspecified atom stereocenters. The van der Waals surface area contributed by atoms with Gasteiger partial charge < -0.3 is 11.1 Å². The van der Waals surface area contributed by atoms with Crippen LogP contribution in [0.3, 0.4) is 0 Å². The maximum atomic E-state index is 12.3. The van der Waals surface area contributed by atoms with E-state index in [9.17, 15) is 4.79 Å². The number of benzene rings is 1. The zero-order valence-electron chi connectivity index (χ0n) is 9.44. The lowest BCUT2D eigenvalue weighted by Crippen LogP contribution is -2.34. The highest BCUT2D eigenvalue weighted by atomic mass is 16.1. The molecule has 17 heavy (non-hydrogen) atoms. The summed E-state index contributed by atoms with van der Waals surface area (Å²) in [5.74, 6) is 0.375. The predicted octanol–water partition coefficient (Wildman–Crippen LogP) is 2.22. The first-order valence-corrected chi connectivity index (χ1v) is 5.83. The highest BCUT2D eigenvalue weighted by molar-refractivity contribution is 6.05. The fourth-order valence-electron chi connectivity index (χ4n) is 2.80. The van der Waals surface area contributed by atoms with Gasteiger partial charge in [-0.15, -0.1) is 0 Å². The summed E-state index contributed by atoms with van der Waals surface area (Å²) < 4.78 is 0. The number of nitrogens with one attached hydrogen (secondary N) is 1. The summed E-state index contributed by atoms with van der Waals surface area (Å²) in [5.41, 5.74) is 8.86. The molecule has 3 nitrogen and oxygen atoms in total. The minimum atomic E-state index is -0.0383. The first-order chi connectivity index (χ1) is 8.15. The topological polar surface area (TPSA) is 66.9 Å². The van der Waals surface area contributed by atoms with Crippen molar-refractivity contribution in [2.45, 2.75) is 12.8 Å². The van der Waals surface area contributed by atoms with Crippen molar-refractivity contribution in [3.63, 3.8) is 0 Å². The van der Waals surface area contributed by atoms with E-state index >= 15 is 0 Å². The van der Waals surface area contributed by atoms with Crippen molar-refractivity contribution >= 4 is 17.2 Å². The Labute approximate surface area is 99.8 Å². The van der Waals surface area contributed by atoms with Gasteiger partial charge in [-0.1, -0.05) is 6.08 Å². The smallest absolute Gasteiger partial charge is 0.167 e. The number of nitrogens with two attached hydrogens (primary N) is 1. The van der Waals surface area contributed by atoms with E-state index in [1.807, 2.05) is 24.3 Å². The van der Waals surface area contributed by atoms with Crippen LogP contribution in [0.5, 0.6) is 0 Å². The third-order valence-electron chi connectivity index (χ3n) is 3.69. The highest BCUT2D eigenvalue weighted by Crippen LogP contribution is 2.36. The van der Waals surface area contributed by atoms with Gasteiger partial charge in [-0.05, 0) is 48.6 Å². The van der Waals surface area contributed by atoms with Gasteiger partial charge in [0.15, 0.2) is 5.78 Å². The first kappa shape index (κ1) is 10.3. The Balaban J connectivity index is 2.07. The van der Waals surface area contributed by atoms with Gasteiger partial charge in [-0.3, -0.25) is 4.79 Å². The Hall–Kier alpha value is -1.90. The van der Waals surface area contributed by atoms with Crippen molar-refractivity contribution in [3.8, 4) is 0 Å². The van der Waals surface area contributed by atoms with Gasteiger partial charge in [-0.25, -0.2) is 0 Å². The number of rotatable bonds is 0. The molecule has 0 bridgehead atoms. The maximum absolute atomic E-state index is 12.3. The van der Waals surface area contributed by atoms with Crippen LogP contribution in [-0.4, -0.2) is 11.5 Å². The van der Waals surface area contributed by atoms with E-state index in [4.69, 9.17) is 11.1 Å². The summed E-state index contributed by atoms with van der Waals surface area (Å²) in [6, 6.07) is 5.50. The number of fused-ring (bicyclic) bond motifs is 2. The monoisotopic (exact) mass is 226 g/mol. The number of hydrogen-bond donors (Lipinski definition) is 2. The third-order valence-corrected chi connectivity index (χ3v) is 3.69. The van der Waals surface area contributed by atoms with Gasteiger partial charge in [0.05, 0.1) is 0 Å². The molecule has 0 saturated carbocycles. The molecule has 86 valence electrons. The number of ketones is 1. The average Bonchev–Trinajstić information content (AvgIpc) is 2.30. The molecule has 0 saturated heterocycles. The van der Waals surface area contributed by atoms with Crippen molar-refractivity contribution in [3.05, 3.63) is 41.5 Å². The van der Waals surface area contributed by atoms with Crippen LogP contribution < -0.4 is 5.73 Å². The molecule has 0 aliphatic heterocycles. The standard InChI is InChI=1S/C14H14N2O/c15-10-3-4-12-9(6-10)5-8-1-2-11(16)7-13(8)14(12)17/h1-4,6,8,13,16H,5,7,15H2. The molecular weight excluding hydrogens is 212 g/mol. The molecule has 3 heteroatoms. The second-order valence-corrected chi connectivity index (χ2v) is 4.84. The fraction of sp³-hybridized carbons (Fsp3) is 0.286. The van der Waals surface area contributed by atoms with Crippen molar-refractivity contribution in [2.75, 3.05) is 5.73 Å². The minimum absolute atomic E-state index is 0.0383. The molecule has 3 N–H and O–H groups in total. The van der Waals surface area contributed by atoms with Crippen molar-refractivity contribution in [2.24, 2.45) is 11.8 Å². The molecule has 0 aromatic heterocycles. The molecule has 3 rings (SSSR count). The number of hydrogen-bond acceptors (Lipinski definition) is 3. The molecule has 2 aliphatic rings. The van der Waals surface area contributed by atoms with Crippen molar-refractivity contribution in [1.29, 1.82) is 5.41 Å². The number of nitrogen functional groups attached to an aromatic ring is 1. The van der Waals surface area contributed by atoms with E-state index < -0.39 is 0 Å². The number of Topliss-reactive ketones (excluding diaryl/α,β-unsaturated/α-hetero) is 1. The largest absolute Gasteiger partial charge is 0.399 e. The zero-order valence-corrected chi connectivity index (χ0v) is 9.44. The molecule has 2 aliphatic carbocycles. The lowest BCUT2D eigenvalue weighted by atomic mass is 9.70. The van der Waals surface area contributed by atoms with E-state index in [1.54, 1.807) is 6.07 Å². The molecule has 0 fully saturated rings. The van der Waals surface area contributed by atoms with Gasteiger partial charge in [0.2, 0.25) is 0 Å². The number of allylic oxidation sites excluding steroid dienone is 2. The van der Waals surface area contributed by atoms with Crippen LogP contribution in [-0.2, 0) is 6.42 Å². The Morgan fingerprint density at radius 3 is 2.94 bits per heavy atom. The van der Waals surface area contributed by atoms with Crippen LogP contribution in [0.25, 0.3) is 0 Å². The van der Waals surface area contributed by atoms with Crippen LogP contribution in [0.2, 0.25) is 0 Å². The first-order valence-electron chi connectivity index (χ1n) is 5.83. The Morgan fingerprint density at radius 2 is 2.12 bits per heavy atom. The van der Waals surface area contributed by atoms with Crippen LogP contribution in [0.1, 0.15) is 22.3 Å². The Morgan fingerprint density at radius 1 is 1.29 bits per heavy atom. The second kappa shape index (κ2) is 3.55. The molecule has 0 heterocycles. The van der Waals surface area contributed by atoms with E-state index in [-0.39, 0.29) is 17.6 Å². The quantitative estimate of drug-likeness (QED) is 0.666. The summed E-state index contributed by atoms with van der Waals surface area (Å²) in [7, 11) is 0. The lowest BCUT2D eigenvalue weighted by Gasteiger charge is -2.32. The van der Waals surface area contributed by atoms with E-state index in [1.165, 1.54) is 0 Å². The zero-order chi connectivity index (χ0) is 12.0. The SMILES string of the molecule is N=C1C=CC2Cc3cc(N)ccc3C(=O)C2C1. The summed E-state index contributed by atoms with van der Waals surface area (Å²) >= 11 is 0. The van der Waals surface area contributed by atoms with Gasteiger partial charge >= 0.3 is 0 Å². The Bertz CT molecular complexity index is 545. The van der Waals surface area contributed by atoms with Crippen LogP contribution in [0, 0.1) is 17.2 Å². The number of carbonyl (C=O) groups is 1. The molecule has 1 aromatic rings. The molecule has 0 amide bonds. The van der Waals surface area contributed by atoms with E-state index in [0.29, 0.717) is 17.8 Å². The molecular formula is C14H14N2O. The Kier molecular flexibility index (Phi) is 2.15. The summed E-state index contributed by atoms with van der Waals surface area (Å²) in [4.78, 5) is 12.3. The van der Waals surface area contributed by atoms with Gasteiger partial charge in [-0.2, -0.15) is 0 Å². The number of anilines is 1. The second-order valence-electron chi connectivity index (χ2n) is 4.84. The molecule has 2 atom stereocenters. The minimum Gasteiger partial charge on any atom is -0.399 e. The molecule has 0 radical (unpaired) electrons. The lowest BCUT2D eigenvalue weighted by molar-refractivity contribution is 0.0876. The van der Waals surface area contributed by atoms with Gasteiger partial charge in [0.25, 0.3) is 0 Å². The van der Waals surface area contributed by atoms with Crippen molar-refractivity contribution in [1.82, 2.24) is 0 Å². The average molecular weight is 226 g/mol. The summed E-state index contributed by atoms with van der Waals surface area (Å²) in [6.45, 7) is 0. The molecule has 1 aromatic carbocycles. The van der Waals surface area contributed by atoms with Crippen LogP contribution in [0.4, 0.5) is 5.69 Å². The summed E-state index contributed by atoms with van der Waals surface area (Å²) in [5, 5.41) is 7.66. The van der Waals surface area contributed by atoms with Crippen LogP contribution >= 0.6 is 0 Å². The van der Waals surface area contributed by atoms with E-state index in [2.05, 4.69) is 0 Å². The fourth-order valence-corrected chi connectivity index (χ4v) is 2.80.